The number of anilines is 1. The lowest BCUT2D eigenvalue weighted by Gasteiger charge is -2.27. The van der Waals surface area contributed by atoms with Crippen molar-refractivity contribution < 1.29 is 14.3 Å². The molecule has 0 saturated heterocycles. The van der Waals surface area contributed by atoms with E-state index in [2.05, 4.69) is 17.2 Å². The first-order chi connectivity index (χ1) is 12.6. The van der Waals surface area contributed by atoms with Gasteiger partial charge in [0.1, 0.15) is 16.9 Å². The molecule has 0 spiro atoms. The van der Waals surface area contributed by atoms with Crippen LogP contribution in [0.5, 0.6) is 5.75 Å². The van der Waals surface area contributed by atoms with Crippen molar-refractivity contribution in [3.05, 3.63) is 30.5 Å². The minimum Gasteiger partial charge on any atom is -0.491 e. The van der Waals surface area contributed by atoms with Gasteiger partial charge < -0.3 is 14.8 Å². The normalized spacial score (nSPS) is 13.4. The van der Waals surface area contributed by atoms with Crippen LogP contribution in [0.1, 0.15) is 53.4 Å². The molecule has 2 aromatic rings. The predicted molar refractivity (Wildman–Crippen MR) is 106 cm³/mol. The highest BCUT2D eigenvalue weighted by atomic mass is 16.5. The van der Waals surface area contributed by atoms with E-state index >= 15 is 0 Å². The van der Waals surface area contributed by atoms with Gasteiger partial charge in [0.15, 0.2) is 0 Å². The van der Waals surface area contributed by atoms with Crippen LogP contribution in [0.25, 0.3) is 10.9 Å². The molecule has 0 saturated carbocycles. The Bertz CT molecular complexity index is 732. The van der Waals surface area contributed by atoms with Gasteiger partial charge in [-0.2, -0.15) is 0 Å². The molecule has 0 aliphatic rings. The summed E-state index contributed by atoms with van der Waals surface area (Å²) in [5, 5.41) is 3.88. The summed E-state index contributed by atoms with van der Waals surface area (Å²) < 4.78 is 11.7. The summed E-state index contributed by atoms with van der Waals surface area (Å²) in [5.41, 5.74) is 0.635. The number of hydrogen-bond acceptors (Lipinski definition) is 4. The maximum absolute atomic E-state index is 12.8. The van der Waals surface area contributed by atoms with Crippen LogP contribution >= 0.6 is 0 Å². The van der Waals surface area contributed by atoms with Gasteiger partial charge in [-0.05, 0) is 50.5 Å². The molecule has 0 radical (unpaired) electrons. The molecular weight excluding hydrogens is 328 g/mol. The van der Waals surface area contributed by atoms with Gasteiger partial charge in [-0.25, -0.2) is 0 Å². The number of pyridine rings is 1. The van der Waals surface area contributed by atoms with Crippen LogP contribution in [-0.2, 0) is 9.53 Å². The Balaban J connectivity index is 2.27. The largest absolute Gasteiger partial charge is 0.491 e. The van der Waals surface area contributed by atoms with E-state index in [1.54, 1.807) is 6.20 Å². The molecule has 2 rings (SSSR count). The topological polar surface area (TPSA) is 60.5 Å². The molecule has 1 amide bonds. The lowest BCUT2D eigenvalue weighted by molar-refractivity contribution is -0.139. The highest BCUT2D eigenvalue weighted by Crippen LogP contribution is 2.31. The molecular formula is C21H30N2O3. The first kappa shape index (κ1) is 20.2. The van der Waals surface area contributed by atoms with Gasteiger partial charge in [0.05, 0.1) is 12.3 Å². The maximum atomic E-state index is 12.8. The number of carbonyl (C=O) groups is 1. The van der Waals surface area contributed by atoms with Crippen molar-refractivity contribution >= 4 is 22.5 Å². The number of unbranched alkanes of at least 4 members (excludes halogenated alkanes) is 1. The van der Waals surface area contributed by atoms with Gasteiger partial charge in [-0.3, -0.25) is 9.78 Å². The average molecular weight is 358 g/mol. The number of rotatable bonds is 10. The number of amides is 1. The summed E-state index contributed by atoms with van der Waals surface area (Å²) in [4.78, 5) is 17.3. The average Bonchev–Trinajstić information content (AvgIpc) is 2.67. The highest BCUT2D eigenvalue weighted by molar-refractivity contribution is 6.05. The molecule has 1 aromatic carbocycles. The van der Waals surface area contributed by atoms with Crippen LogP contribution < -0.4 is 10.1 Å². The summed E-state index contributed by atoms with van der Waals surface area (Å²) in [6, 6.07) is 7.55. The summed E-state index contributed by atoms with van der Waals surface area (Å²) in [6.45, 7) is 9.17. The molecule has 5 nitrogen and oxygen atoms in total. The number of aromatic nitrogens is 1. The molecule has 1 aromatic heterocycles. The molecule has 0 aliphatic carbocycles. The Morgan fingerprint density at radius 3 is 2.65 bits per heavy atom. The van der Waals surface area contributed by atoms with E-state index in [4.69, 9.17) is 9.47 Å². The first-order valence-electron chi connectivity index (χ1n) is 9.51. The second-order valence-corrected chi connectivity index (χ2v) is 6.60. The molecule has 142 valence electrons. The fourth-order valence-electron chi connectivity index (χ4n) is 2.61. The number of carbonyl (C=O) groups excluding carboxylic acids is 1. The van der Waals surface area contributed by atoms with Gasteiger partial charge in [0.25, 0.3) is 5.91 Å². The maximum Gasteiger partial charge on any atom is 0.256 e. The van der Waals surface area contributed by atoms with Crippen LogP contribution in [-0.4, -0.2) is 29.7 Å². The molecule has 0 aliphatic heterocycles. The smallest absolute Gasteiger partial charge is 0.256 e. The SMILES string of the molecule is CCCCOc1ccc(NC(=O)[C@@](C)(CC)OCCC)c2cccnc12. The van der Waals surface area contributed by atoms with Gasteiger partial charge in [-0.15, -0.1) is 0 Å². The van der Waals surface area contributed by atoms with Gasteiger partial charge in [0.2, 0.25) is 0 Å². The Kier molecular flexibility index (Phi) is 7.39. The van der Waals surface area contributed by atoms with Crippen LogP contribution in [0.2, 0.25) is 0 Å². The third kappa shape index (κ3) is 4.73. The lowest BCUT2D eigenvalue weighted by atomic mass is 10.0. The van der Waals surface area contributed by atoms with Crippen LogP contribution in [0.4, 0.5) is 5.69 Å². The Morgan fingerprint density at radius 2 is 1.96 bits per heavy atom. The molecule has 1 N–H and O–H groups in total. The van der Waals surface area contributed by atoms with Crippen molar-refractivity contribution in [2.24, 2.45) is 0 Å². The van der Waals surface area contributed by atoms with Crippen molar-refractivity contribution in [3.63, 3.8) is 0 Å². The fourth-order valence-corrected chi connectivity index (χ4v) is 2.61. The number of nitrogens with zero attached hydrogens (tertiary/aromatic N) is 1. The molecule has 1 atom stereocenters. The van der Waals surface area contributed by atoms with Crippen molar-refractivity contribution in [1.29, 1.82) is 0 Å². The van der Waals surface area contributed by atoms with E-state index in [0.29, 0.717) is 19.6 Å². The Morgan fingerprint density at radius 1 is 1.15 bits per heavy atom. The van der Waals surface area contributed by atoms with E-state index in [0.717, 1.165) is 41.6 Å². The zero-order valence-corrected chi connectivity index (χ0v) is 16.3. The number of ether oxygens (including phenoxy) is 2. The van der Waals surface area contributed by atoms with Gasteiger partial charge in [0, 0.05) is 18.2 Å². The van der Waals surface area contributed by atoms with Crippen molar-refractivity contribution in [1.82, 2.24) is 4.98 Å². The quantitative estimate of drug-likeness (QED) is 0.611. The van der Waals surface area contributed by atoms with Gasteiger partial charge >= 0.3 is 0 Å². The van der Waals surface area contributed by atoms with Crippen molar-refractivity contribution in [2.45, 2.75) is 59.0 Å². The second-order valence-electron chi connectivity index (χ2n) is 6.60. The number of benzene rings is 1. The predicted octanol–water partition coefficient (Wildman–Crippen LogP) is 4.95. The Labute approximate surface area is 156 Å². The number of nitrogens with one attached hydrogen (secondary N) is 1. The summed E-state index contributed by atoms with van der Waals surface area (Å²) in [6.07, 6.45) is 5.29. The standard InChI is InChI=1S/C21H30N2O3/c1-5-8-15-25-18-12-11-17(16-10-9-13-22-19(16)18)23-20(24)21(4,7-3)26-14-6-2/h9-13H,5-8,14-15H2,1-4H3,(H,23,24)/t21-/m1/s1. The monoisotopic (exact) mass is 358 g/mol. The van der Waals surface area contributed by atoms with Crippen LogP contribution in [0, 0.1) is 0 Å². The van der Waals surface area contributed by atoms with Crippen molar-refractivity contribution in [3.8, 4) is 5.75 Å². The van der Waals surface area contributed by atoms with Crippen molar-refractivity contribution in [2.75, 3.05) is 18.5 Å². The van der Waals surface area contributed by atoms with Crippen LogP contribution in [0.3, 0.4) is 0 Å². The molecule has 0 bridgehead atoms. The van der Waals surface area contributed by atoms with Crippen LogP contribution in [0.15, 0.2) is 30.5 Å². The third-order valence-corrected chi connectivity index (χ3v) is 4.52. The second kappa shape index (κ2) is 9.53. The molecule has 0 unspecified atom stereocenters. The minimum absolute atomic E-state index is 0.141. The zero-order chi connectivity index (χ0) is 19.0. The lowest BCUT2D eigenvalue weighted by Crippen LogP contribution is -2.42. The fraction of sp³-hybridized carbons (Fsp3) is 0.524. The number of fused-ring (bicyclic) bond motifs is 1. The summed E-state index contributed by atoms with van der Waals surface area (Å²) in [5.74, 6) is 0.603. The first-order valence-corrected chi connectivity index (χ1v) is 9.51. The van der Waals surface area contributed by atoms with E-state index in [1.165, 1.54) is 0 Å². The molecule has 0 fully saturated rings. The minimum atomic E-state index is -0.846. The van der Waals surface area contributed by atoms with E-state index in [1.807, 2.05) is 45.0 Å². The third-order valence-electron chi connectivity index (χ3n) is 4.52. The Hall–Kier alpha value is -2.14. The van der Waals surface area contributed by atoms with Gasteiger partial charge in [-0.1, -0.05) is 27.2 Å². The van der Waals surface area contributed by atoms with E-state index < -0.39 is 5.60 Å². The molecule has 26 heavy (non-hydrogen) atoms. The van der Waals surface area contributed by atoms with E-state index in [-0.39, 0.29) is 5.91 Å². The number of hydrogen-bond donors (Lipinski definition) is 1. The summed E-state index contributed by atoms with van der Waals surface area (Å²) in [7, 11) is 0. The summed E-state index contributed by atoms with van der Waals surface area (Å²) >= 11 is 0. The molecule has 5 heteroatoms. The highest BCUT2D eigenvalue weighted by Gasteiger charge is 2.32. The van der Waals surface area contributed by atoms with E-state index in [9.17, 15) is 4.79 Å². The molecule has 1 heterocycles. The zero-order valence-electron chi connectivity index (χ0n) is 16.3.